The Bertz CT molecular complexity index is 889. The van der Waals surface area contributed by atoms with Crippen molar-refractivity contribution in [3.05, 3.63) is 42.0 Å². The average molecular weight is 385 g/mol. The molecule has 2 heterocycles. The summed E-state index contributed by atoms with van der Waals surface area (Å²) in [4.78, 5) is 22.0. The molecule has 1 saturated carbocycles. The first kappa shape index (κ1) is 17.5. The lowest BCUT2D eigenvalue weighted by Crippen LogP contribution is -2.21. The highest BCUT2D eigenvalue weighted by molar-refractivity contribution is 8.00. The van der Waals surface area contributed by atoms with Crippen molar-refractivity contribution in [2.24, 2.45) is 0 Å². The SMILES string of the molecule is O=C(CSc1ncnc2scc(-c3ccccc3)c12)OC1CCCCC1. The van der Waals surface area contributed by atoms with Crippen molar-refractivity contribution in [1.82, 2.24) is 9.97 Å². The first-order valence-corrected chi connectivity index (χ1v) is 10.8. The molecule has 134 valence electrons. The van der Waals surface area contributed by atoms with Crippen molar-refractivity contribution in [3.8, 4) is 11.1 Å². The number of thiophene rings is 1. The number of aromatic nitrogens is 2. The number of hydrogen-bond acceptors (Lipinski definition) is 6. The molecule has 4 nitrogen and oxygen atoms in total. The highest BCUT2D eigenvalue weighted by Crippen LogP contribution is 2.37. The van der Waals surface area contributed by atoms with Crippen molar-refractivity contribution in [1.29, 1.82) is 0 Å². The van der Waals surface area contributed by atoms with E-state index < -0.39 is 0 Å². The van der Waals surface area contributed by atoms with Gasteiger partial charge in [0.2, 0.25) is 0 Å². The summed E-state index contributed by atoms with van der Waals surface area (Å²) in [5.74, 6) is 0.136. The van der Waals surface area contributed by atoms with E-state index in [1.807, 2.05) is 18.2 Å². The molecule has 0 aliphatic heterocycles. The third-order valence-electron chi connectivity index (χ3n) is 4.60. The van der Waals surface area contributed by atoms with E-state index in [1.54, 1.807) is 17.7 Å². The highest BCUT2D eigenvalue weighted by Gasteiger charge is 2.19. The van der Waals surface area contributed by atoms with E-state index in [2.05, 4.69) is 27.5 Å². The molecule has 2 aromatic heterocycles. The zero-order chi connectivity index (χ0) is 17.8. The van der Waals surface area contributed by atoms with Crippen LogP contribution in [0.4, 0.5) is 0 Å². The van der Waals surface area contributed by atoms with Gasteiger partial charge >= 0.3 is 5.97 Å². The minimum atomic E-state index is -0.148. The van der Waals surface area contributed by atoms with Gasteiger partial charge in [-0.25, -0.2) is 9.97 Å². The van der Waals surface area contributed by atoms with E-state index >= 15 is 0 Å². The van der Waals surface area contributed by atoms with Gasteiger partial charge in [0.1, 0.15) is 22.3 Å². The Balaban J connectivity index is 1.51. The van der Waals surface area contributed by atoms with Crippen LogP contribution in [-0.4, -0.2) is 27.8 Å². The third-order valence-corrected chi connectivity index (χ3v) is 6.45. The molecule has 1 aromatic carbocycles. The smallest absolute Gasteiger partial charge is 0.316 e. The zero-order valence-electron chi connectivity index (χ0n) is 14.4. The van der Waals surface area contributed by atoms with Gasteiger partial charge < -0.3 is 4.74 Å². The molecule has 0 amide bonds. The van der Waals surface area contributed by atoms with Crippen molar-refractivity contribution >= 4 is 39.3 Å². The fraction of sp³-hybridized carbons (Fsp3) is 0.350. The Kier molecular flexibility index (Phi) is 5.51. The van der Waals surface area contributed by atoms with E-state index in [-0.39, 0.29) is 17.8 Å². The molecule has 0 saturated heterocycles. The molecule has 3 aromatic rings. The van der Waals surface area contributed by atoms with E-state index in [0.29, 0.717) is 0 Å². The number of rotatable bonds is 5. The molecule has 4 rings (SSSR count). The second-order valence-corrected chi connectivity index (χ2v) is 8.24. The van der Waals surface area contributed by atoms with Crippen LogP contribution in [0.1, 0.15) is 32.1 Å². The van der Waals surface area contributed by atoms with E-state index in [4.69, 9.17) is 4.74 Å². The second-order valence-electron chi connectivity index (χ2n) is 6.41. The Hall–Kier alpha value is -1.92. The Morgan fingerprint density at radius 2 is 1.96 bits per heavy atom. The van der Waals surface area contributed by atoms with Gasteiger partial charge in [-0.1, -0.05) is 48.5 Å². The first-order valence-electron chi connectivity index (χ1n) is 8.91. The van der Waals surface area contributed by atoms with Crippen LogP contribution in [-0.2, 0) is 9.53 Å². The lowest BCUT2D eigenvalue weighted by Gasteiger charge is -2.21. The van der Waals surface area contributed by atoms with Crippen molar-refractivity contribution in [3.63, 3.8) is 0 Å². The molecule has 1 aliphatic carbocycles. The molecule has 6 heteroatoms. The van der Waals surface area contributed by atoms with Gasteiger partial charge in [0.15, 0.2) is 0 Å². The standard InChI is InChI=1S/C20H20N2O2S2/c23-17(24-15-9-5-2-6-10-15)12-26-20-18-16(14-7-3-1-4-8-14)11-25-19(18)21-13-22-20/h1,3-4,7-8,11,13,15H,2,5-6,9-10,12H2. The third kappa shape index (κ3) is 3.91. The summed E-state index contributed by atoms with van der Waals surface area (Å²) in [6.07, 6.45) is 7.24. The molecule has 0 atom stereocenters. The summed E-state index contributed by atoms with van der Waals surface area (Å²) < 4.78 is 5.62. The molecule has 0 bridgehead atoms. The molecule has 0 N–H and O–H groups in total. The number of carbonyl (C=O) groups is 1. The summed E-state index contributed by atoms with van der Waals surface area (Å²) in [6.45, 7) is 0. The molecule has 0 unspecified atom stereocenters. The Labute approximate surface area is 161 Å². The maximum atomic E-state index is 12.2. The fourth-order valence-electron chi connectivity index (χ4n) is 3.32. The van der Waals surface area contributed by atoms with Crippen LogP contribution in [0.5, 0.6) is 0 Å². The number of fused-ring (bicyclic) bond motifs is 1. The van der Waals surface area contributed by atoms with Crippen LogP contribution in [0.25, 0.3) is 21.3 Å². The summed E-state index contributed by atoms with van der Waals surface area (Å²) in [5.41, 5.74) is 2.26. The lowest BCUT2D eigenvalue weighted by atomic mass is 9.98. The van der Waals surface area contributed by atoms with Crippen LogP contribution in [0.15, 0.2) is 47.1 Å². The maximum absolute atomic E-state index is 12.2. The van der Waals surface area contributed by atoms with Gasteiger partial charge in [0.25, 0.3) is 0 Å². The average Bonchev–Trinajstić information content (AvgIpc) is 3.13. The van der Waals surface area contributed by atoms with Crippen molar-refractivity contribution in [2.45, 2.75) is 43.2 Å². The van der Waals surface area contributed by atoms with Crippen LogP contribution in [0.3, 0.4) is 0 Å². The minimum Gasteiger partial charge on any atom is -0.462 e. The number of ether oxygens (including phenoxy) is 1. The molecule has 1 fully saturated rings. The largest absolute Gasteiger partial charge is 0.462 e. The van der Waals surface area contributed by atoms with Crippen molar-refractivity contribution in [2.75, 3.05) is 5.75 Å². The van der Waals surface area contributed by atoms with Crippen LogP contribution < -0.4 is 0 Å². The molecular formula is C20H20N2O2S2. The van der Waals surface area contributed by atoms with Gasteiger partial charge in [0, 0.05) is 10.9 Å². The maximum Gasteiger partial charge on any atom is 0.316 e. The predicted molar refractivity (Wildman–Crippen MR) is 107 cm³/mol. The van der Waals surface area contributed by atoms with Gasteiger partial charge in [-0.15, -0.1) is 11.3 Å². The molecule has 1 aliphatic rings. The predicted octanol–water partition coefficient (Wildman–Crippen LogP) is 5.33. The van der Waals surface area contributed by atoms with Crippen molar-refractivity contribution < 1.29 is 9.53 Å². The summed E-state index contributed by atoms with van der Waals surface area (Å²) in [7, 11) is 0. The van der Waals surface area contributed by atoms with Gasteiger partial charge in [0.05, 0.1) is 11.1 Å². The second kappa shape index (κ2) is 8.18. The monoisotopic (exact) mass is 384 g/mol. The fourth-order valence-corrected chi connectivity index (χ4v) is 5.09. The van der Waals surface area contributed by atoms with Crippen LogP contribution >= 0.6 is 23.1 Å². The number of esters is 1. The minimum absolute atomic E-state index is 0.100. The number of hydrogen-bond donors (Lipinski definition) is 0. The van der Waals surface area contributed by atoms with E-state index in [1.165, 1.54) is 18.2 Å². The van der Waals surface area contributed by atoms with Crippen LogP contribution in [0, 0.1) is 0 Å². The Morgan fingerprint density at radius 1 is 1.15 bits per heavy atom. The van der Waals surface area contributed by atoms with Gasteiger partial charge in [-0.05, 0) is 31.2 Å². The Morgan fingerprint density at radius 3 is 2.77 bits per heavy atom. The van der Waals surface area contributed by atoms with E-state index in [0.717, 1.165) is 52.1 Å². The summed E-state index contributed by atoms with van der Waals surface area (Å²) in [5, 5.41) is 3.98. The molecule has 0 spiro atoms. The zero-order valence-corrected chi connectivity index (χ0v) is 16.0. The number of nitrogens with zero attached hydrogens (tertiary/aromatic N) is 2. The normalized spacial score (nSPS) is 15.2. The molecule has 26 heavy (non-hydrogen) atoms. The molecule has 0 radical (unpaired) electrons. The number of benzene rings is 1. The summed E-state index contributed by atoms with van der Waals surface area (Å²) in [6, 6.07) is 10.2. The highest BCUT2D eigenvalue weighted by atomic mass is 32.2. The van der Waals surface area contributed by atoms with Gasteiger partial charge in [-0.3, -0.25) is 4.79 Å². The lowest BCUT2D eigenvalue weighted by molar-refractivity contribution is -0.147. The number of carbonyl (C=O) groups excluding carboxylic acids is 1. The topological polar surface area (TPSA) is 52.1 Å². The number of thioether (sulfide) groups is 1. The quantitative estimate of drug-likeness (QED) is 0.338. The molecular weight excluding hydrogens is 364 g/mol. The van der Waals surface area contributed by atoms with Gasteiger partial charge in [-0.2, -0.15) is 0 Å². The first-order chi connectivity index (χ1) is 12.8. The van der Waals surface area contributed by atoms with Crippen LogP contribution in [0.2, 0.25) is 0 Å². The van der Waals surface area contributed by atoms with E-state index in [9.17, 15) is 4.79 Å². The summed E-state index contributed by atoms with van der Waals surface area (Å²) >= 11 is 3.05.